The van der Waals surface area contributed by atoms with E-state index in [0.29, 0.717) is 16.8 Å². The van der Waals surface area contributed by atoms with Crippen molar-refractivity contribution in [1.82, 2.24) is 14.9 Å². The minimum atomic E-state index is -0.467. The maximum atomic E-state index is 5.94. The summed E-state index contributed by atoms with van der Waals surface area (Å²) in [5.41, 5.74) is 0.870. The molecule has 3 heterocycles. The fraction of sp³-hybridized carbons (Fsp3) is 0.0667. The highest BCUT2D eigenvalue weighted by Gasteiger charge is 2.35. The maximum absolute atomic E-state index is 5.94. The van der Waals surface area contributed by atoms with Gasteiger partial charge in [-0.2, -0.15) is 0 Å². The van der Waals surface area contributed by atoms with Crippen LogP contribution in [0.2, 0.25) is 5.02 Å². The van der Waals surface area contributed by atoms with Crippen molar-refractivity contribution in [2.75, 3.05) is 5.06 Å². The van der Waals surface area contributed by atoms with Crippen LogP contribution in [0.3, 0.4) is 0 Å². The number of halogens is 1. The van der Waals surface area contributed by atoms with Gasteiger partial charge in [0.05, 0.1) is 0 Å². The zero-order valence-electron chi connectivity index (χ0n) is 11.8. The second kappa shape index (κ2) is 5.69. The van der Waals surface area contributed by atoms with Crippen molar-refractivity contribution in [1.29, 1.82) is 0 Å². The summed E-state index contributed by atoms with van der Waals surface area (Å²) in [5, 5.41) is 6.30. The average molecular weight is 327 g/mol. The Hall–Kier alpha value is -2.93. The van der Waals surface area contributed by atoms with Crippen molar-refractivity contribution in [2.24, 2.45) is 10.1 Å². The van der Waals surface area contributed by atoms with E-state index in [1.165, 1.54) is 5.06 Å². The van der Waals surface area contributed by atoms with Gasteiger partial charge in [-0.15, -0.1) is 5.06 Å². The lowest BCUT2D eigenvalue weighted by molar-refractivity contribution is 0.0422. The number of oxime groups is 1. The van der Waals surface area contributed by atoms with Crippen LogP contribution in [0.15, 0.2) is 65.1 Å². The molecule has 0 fully saturated rings. The summed E-state index contributed by atoms with van der Waals surface area (Å²) in [6, 6.07) is 9.10. The first-order chi connectivity index (χ1) is 11.3. The molecule has 1 aromatic heterocycles. The van der Waals surface area contributed by atoms with Crippen LogP contribution in [-0.4, -0.2) is 33.2 Å². The number of anilines is 1. The van der Waals surface area contributed by atoms with Crippen molar-refractivity contribution in [3.8, 4) is 0 Å². The molecule has 1 atom stereocenters. The predicted octanol–water partition coefficient (Wildman–Crippen LogP) is 2.43. The summed E-state index contributed by atoms with van der Waals surface area (Å²) in [6.07, 6.45) is 8.21. The molecule has 0 N–H and O–H groups in total. The predicted molar refractivity (Wildman–Crippen MR) is 86.8 cm³/mol. The standard InChI is InChI=1S/C15H11ClN6O/c16-12-5-3-11(4-6-12)13-20-23-22(14-17-7-1-8-18-14)15-19-9-2-10-21(13)15/h1-10,15H/t15-/m0/s1. The van der Waals surface area contributed by atoms with Crippen molar-refractivity contribution >= 4 is 29.6 Å². The molecular formula is C15H11ClN6O. The third-order valence-electron chi connectivity index (χ3n) is 3.32. The molecule has 0 radical (unpaired) electrons. The number of allylic oxidation sites excluding steroid dienone is 1. The molecule has 0 spiro atoms. The second-order valence-electron chi connectivity index (χ2n) is 4.77. The molecule has 0 aliphatic carbocycles. The number of aliphatic imine (C=N–C) groups is 1. The number of amidine groups is 1. The van der Waals surface area contributed by atoms with Gasteiger partial charge in [0.15, 0.2) is 5.84 Å². The van der Waals surface area contributed by atoms with E-state index in [9.17, 15) is 0 Å². The average Bonchev–Trinajstić information content (AvgIpc) is 2.62. The smallest absolute Gasteiger partial charge is 0.265 e. The molecular weight excluding hydrogens is 316 g/mol. The van der Waals surface area contributed by atoms with Crippen LogP contribution < -0.4 is 5.06 Å². The molecule has 2 aromatic rings. The summed E-state index contributed by atoms with van der Waals surface area (Å²) >= 11 is 5.94. The van der Waals surface area contributed by atoms with Gasteiger partial charge in [0.25, 0.3) is 5.95 Å². The van der Waals surface area contributed by atoms with Crippen LogP contribution in [0.1, 0.15) is 5.56 Å². The van der Waals surface area contributed by atoms with Gasteiger partial charge in [-0.25, -0.2) is 15.0 Å². The Kier molecular flexibility index (Phi) is 3.39. The van der Waals surface area contributed by atoms with E-state index in [4.69, 9.17) is 16.5 Å². The lowest BCUT2D eigenvalue weighted by Crippen LogP contribution is -2.52. The Morgan fingerprint density at radius 1 is 1.09 bits per heavy atom. The van der Waals surface area contributed by atoms with Crippen molar-refractivity contribution in [2.45, 2.75) is 6.29 Å². The fourth-order valence-corrected chi connectivity index (χ4v) is 2.40. The molecule has 1 aromatic carbocycles. The Morgan fingerprint density at radius 3 is 2.65 bits per heavy atom. The minimum absolute atomic E-state index is 0.383. The van der Waals surface area contributed by atoms with Crippen LogP contribution in [0.25, 0.3) is 0 Å². The molecule has 0 saturated carbocycles. The van der Waals surface area contributed by atoms with E-state index in [2.05, 4.69) is 20.1 Å². The molecule has 114 valence electrons. The lowest BCUT2D eigenvalue weighted by atomic mass is 10.2. The molecule has 0 bridgehead atoms. The Bertz CT molecular complexity index is 789. The molecule has 7 nitrogen and oxygen atoms in total. The highest BCUT2D eigenvalue weighted by atomic mass is 35.5. The SMILES string of the molecule is Clc1ccc(C2=NON(c3ncccn3)[C@H]3N=CC=CN23)cc1. The summed E-state index contributed by atoms with van der Waals surface area (Å²) in [6.45, 7) is 0. The molecule has 23 heavy (non-hydrogen) atoms. The quantitative estimate of drug-likeness (QED) is 0.848. The monoisotopic (exact) mass is 326 g/mol. The number of hydrogen-bond acceptors (Lipinski definition) is 7. The number of hydroxylamine groups is 1. The van der Waals surface area contributed by atoms with Crippen LogP contribution >= 0.6 is 11.6 Å². The van der Waals surface area contributed by atoms with E-state index in [1.54, 1.807) is 36.8 Å². The number of benzene rings is 1. The first-order valence-electron chi connectivity index (χ1n) is 6.88. The molecule has 2 aliphatic heterocycles. The highest BCUT2D eigenvalue weighted by Crippen LogP contribution is 2.25. The number of nitrogens with zero attached hydrogens (tertiary/aromatic N) is 6. The number of fused-ring (bicyclic) bond motifs is 1. The lowest BCUT2D eigenvalue weighted by Gasteiger charge is -2.38. The van der Waals surface area contributed by atoms with Crippen LogP contribution in [0, 0.1) is 0 Å². The van der Waals surface area contributed by atoms with E-state index in [1.807, 2.05) is 29.3 Å². The van der Waals surface area contributed by atoms with Crippen LogP contribution in [0.5, 0.6) is 0 Å². The van der Waals surface area contributed by atoms with Crippen molar-refractivity contribution in [3.63, 3.8) is 0 Å². The zero-order chi connectivity index (χ0) is 15.6. The summed E-state index contributed by atoms with van der Waals surface area (Å²) < 4.78 is 0. The Labute approximate surface area is 137 Å². The topological polar surface area (TPSA) is 66.2 Å². The minimum Gasteiger partial charge on any atom is -0.287 e. The molecule has 0 amide bonds. The molecule has 4 rings (SSSR count). The number of aromatic nitrogens is 2. The van der Waals surface area contributed by atoms with Gasteiger partial charge < -0.3 is 0 Å². The number of hydrogen-bond donors (Lipinski definition) is 0. The molecule has 2 aliphatic rings. The van der Waals surface area contributed by atoms with E-state index in [-0.39, 0.29) is 0 Å². The van der Waals surface area contributed by atoms with Gasteiger partial charge in [-0.1, -0.05) is 11.6 Å². The first-order valence-corrected chi connectivity index (χ1v) is 7.26. The first kappa shape index (κ1) is 13.7. The van der Waals surface area contributed by atoms with E-state index in [0.717, 1.165) is 5.56 Å². The second-order valence-corrected chi connectivity index (χ2v) is 5.21. The number of rotatable bonds is 2. The zero-order valence-corrected chi connectivity index (χ0v) is 12.6. The van der Waals surface area contributed by atoms with Crippen molar-refractivity contribution in [3.05, 3.63) is 65.6 Å². The van der Waals surface area contributed by atoms with Crippen LogP contribution in [0.4, 0.5) is 5.95 Å². The van der Waals surface area contributed by atoms with Gasteiger partial charge in [0, 0.05) is 35.4 Å². The molecule has 0 saturated heterocycles. The molecule has 0 unspecified atom stereocenters. The van der Waals surface area contributed by atoms with Gasteiger partial charge in [-0.05, 0) is 41.6 Å². The van der Waals surface area contributed by atoms with Gasteiger partial charge >= 0.3 is 0 Å². The summed E-state index contributed by atoms with van der Waals surface area (Å²) in [5.74, 6) is 1.01. The Morgan fingerprint density at radius 2 is 1.87 bits per heavy atom. The van der Waals surface area contributed by atoms with Gasteiger partial charge in [0.1, 0.15) is 0 Å². The molecule has 8 heteroatoms. The van der Waals surface area contributed by atoms with Gasteiger partial charge in [-0.3, -0.25) is 9.84 Å². The van der Waals surface area contributed by atoms with Gasteiger partial charge in [0.2, 0.25) is 6.29 Å². The van der Waals surface area contributed by atoms with E-state index >= 15 is 0 Å². The summed E-state index contributed by atoms with van der Waals surface area (Å²) in [7, 11) is 0. The largest absolute Gasteiger partial charge is 0.287 e. The van der Waals surface area contributed by atoms with Crippen LogP contribution in [-0.2, 0) is 4.94 Å². The van der Waals surface area contributed by atoms with Crippen molar-refractivity contribution < 1.29 is 4.94 Å². The Balaban J connectivity index is 1.73. The fourth-order valence-electron chi connectivity index (χ4n) is 2.28. The third kappa shape index (κ3) is 2.51. The highest BCUT2D eigenvalue weighted by molar-refractivity contribution is 6.30. The normalized spacial score (nSPS) is 19.2. The summed E-state index contributed by atoms with van der Waals surface area (Å²) in [4.78, 5) is 20.2. The third-order valence-corrected chi connectivity index (χ3v) is 3.57. The van der Waals surface area contributed by atoms with E-state index < -0.39 is 6.29 Å². The maximum Gasteiger partial charge on any atom is 0.265 e.